The van der Waals surface area contributed by atoms with Crippen LogP contribution >= 0.6 is 27.5 Å². The van der Waals surface area contributed by atoms with Gasteiger partial charge in [-0.05, 0) is 74.2 Å². The van der Waals surface area contributed by atoms with Gasteiger partial charge in [0.05, 0.1) is 11.5 Å². The van der Waals surface area contributed by atoms with Gasteiger partial charge in [-0.2, -0.15) is 0 Å². The highest BCUT2D eigenvalue weighted by atomic mass is 79.9. The Balaban J connectivity index is 1.31. The van der Waals surface area contributed by atoms with Crippen molar-refractivity contribution in [2.45, 2.75) is 38.3 Å². The second kappa shape index (κ2) is 11.9. The van der Waals surface area contributed by atoms with Crippen molar-refractivity contribution in [1.82, 2.24) is 15.1 Å². The van der Waals surface area contributed by atoms with Crippen molar-refractivity contribution in [2.75, 3.05) is 39.9 Å². The predicted molar refractivity (Wildman–Crippen MR) is 141 cm³/mol. The van der Waals surface area contributed by atoms with Gasteiger partial charge in [-0.15, -0.1) is 0 Å². The first kappa shape index (κ1) is 26.1. The third-order valence-electron chi connectivity index (χ3n) is 7.30. The van der Waals surface area contributed by atoms with Crippen LogP contribution in [0.1, 0.15) is 42.9 Å². The molecule has 0 aliphatic carbocycles. The third-order valence-corrected chi connectivity index (χ3v) is 8.06. The second-order valence-corrected chi connectivity index (χ2v) is 11.0. The van der Waals surface area contributed by atoms with Crippen LogP contribution in [-0.4, -0.2) is 61.5 Å². The zero-order chi connectivity index (χ0) is 24.8. The monoisotopic (exact) mass is 561 g/mol. The minimum atomic E-state index is -0.217. The van der Waals surface area contributed by atoms with Crippen LogP contribution in [0, 0.1) is 5.41 Å². The Bertz CT molecular complexity index is 1020. The fraction of sp³-hybridized carbons (Fsp3) is 0.481. The highest BCUT2D eigenvalue weighted by Crippen LogP contribution is 2.42. The summed E-state index contributed by atoms with van der Waals surface area (Å²) in [5.41, 5.74) is 1.94. The Morgan fingerprint density at radius 3 is 2.54 bits per heavy atom. The summed E-state index contributed by atoms with van der Waals surface area (Å²) in [6, 6.07) is 15.7. The lowest BCUT2D eigenvalue weighted by Gasteiger charge is -2.38. The van der Waals surface area contributed by atoms with Crippen molar-refractivity contribution >= 4 is 39.3 Å². The Labute approximate surface area is 221 Å². The van der Waals surface area contributed by atoms with Gasteiger partial charge < -0.3 is 19.9 Å². The maximum atomic E-state index is 13.4. The molecule has 1 spiro atoms. The van der Waals surface area contributed by atoms with Crippen molar-refractivity contribution in [3.63, 3.8) is 0 Å². The largest absolute Gasteiger partial charge is 0.375 e. The Morgan fingerprint density at radius 1 is 1.14 bits per heavy atom. The summed E-state index contributed by atoms with van der Waals surface area (Å²) in [5, 5.41) is 3.73. The van der Waals surface area contributed by atoms with Crippen LogP contribution in [-0.2, 0) is 20.9 Å². The van der Waals surface area contributed by atoms with E-state index in [2.05, 4.69) is 38.3 Å². The van der Waals surface area contributed by atoms with Crippen LogP contribution in [0.15, 0.2) is 53.0 Å². The first-order chi connectivity index (χ1) is 16.9. The number of amides is 2. The summed E-state index contributed by atoms with van der Waals surface area (Å²) in [5.74, 6) is 0.168. The molecule has 1 atom stereocenters. The summed E-state index contributed by atoms with van der Waals surface area (Å²) in [7, 11) is 1.52. The Hall–Kier alpha value is -1.93. The van der Waals surface area contributed by atoms with Gasteiger partial charge in [0, 0.05) is 36.2 Å². The molecule has 6 nitrogen and oxygen atoms in total. The van der Waals surface area contributed by atoms with Crippen LogP contribution in [0.25, 0.3) is 0 Å². The first-order valence-corrected chi connectivity index (χ1v) is 13.4. The molecule has 188 valence electrons. The number of rotatable bonds is 9. The minimum Gasteiger partial charge on any atom is -0.375 e. The number of ether oxygens (including phenoxy) is 1. The molecule has 2 saturated heterocycles. The fourth-order valence-corrected chi connectivity index (χ4v) is 5.71. The summed E-state index contributed by atoms with van der Waals surface area (Å²) in [6.07, 6.45) is 3.49. The van der Waals surface area contributed by atoms with Crippen LogP contribution in [0.2, 0.25) is 5.02 Å². The Kier molecular flexibility index (Phi) is 8.87. The number of hydrogen-bond acceptors (Lipinski definition) is 4. The first-order valence-electron chi connectivity index (χ1n) is 12.2. The minimum absolute atomic E-state index is 0.0299. The molecule has 0 aromatic heterocycles. The Morgan fingerprint density at radius 2 is 1.86 bits per heavy atom. The number of methoxy groups -OCH3 is 1. The summed E-state index contributed by atoms with van der Waals surface area (Å²) < 4.78 is 6.04. The molecule has 1 unspecified atom stereocenters. The van der Waals surface area contributed by atoms with Crippen molar-refractivity contribution in [3.8, 4) is 0 Å². The molecule has 1 N–H and O–H groups in total. The number of halogens is 2. The van der Waals surface area contributed by atoms with E-state index in [1.807, 2.05) is 41.3 Å². The lowest BCUT2D eigenvalue weighted by Crippen LogP contribution is -2.45. The molecule has 4 rings (SSSR count). The number of piperidine rings is 1. The van der Waals surface area contributed by atoms with Gasteiger partial charge in [0.2, 0.25) is 11.8 Å². The average Bonchev–Trinajstić information content (AvgIpc) is 3.14. The SMILES string of the molecule is COCC(=O)NC(CCN1CCC2(CC1)CCN(Cc1ccc(Br)cc1)C2=O)c1cccc(Cl)c1. The number of nitrogens with zero attached hydrogens (tertiary/aromatic N) is 2. The molecule has 2 aromatic rings. The van der Waals surface area contributed by atoms with E-state index in [0.717, 1.165) is 61.9 Å². The number of nitrogens with one attached hydrogen (secondary N) is 1. The third kappa shape index (κ3) is 6.64. The van der Waals surface area contributed by atoms with Crippen LogP contribution in [0.4, 0.5) is 0 Å². The number of carbonyl (C=O) groups excluding carboxylic acids is 2. The molecule has 2 aromatic carbocycles. The summed E-state index contributed by atoms with van der Waals surface area (Å²) >= 11 is 9.67. The van der Waals surface area contributed by atoms with Crippen molar-refractivity contribution in [2.24, 2.45) is 5.41 Å². The van der Waals surface area contributed by atoms with E-state index in [0.29, 0.717) is 17.5 Å². The molecule has 8 heteroatoms. The zero-order valence-corrected chi connectivity index (χ0v) is 22.5. The number of benzene rings is 2. The zero-order valence-electron chi connectivity index (χ0n) is 20.1. The van der Waals surface area contributed by atoms with Crippen molar-refractivity contribution < 1.29 is 14.3 Å². The van der Waals surface area contributed by atoms with Gasteiger partial charge >= 0.3 is 0 Å². The van der Waals surface area contributed by atoms with Gasteiger partial charge in [0.1, 0.15) is 6.61 Å². The van der Waals surface area contributed by atoms with Gasteiger partial charge in [-0.25, -0.2) is 0 Å². The number of likely N-dealkylation sites (tertiary alicyclic amines) is 2. The molecule has 2 aliphatic heterocycles. The standard InChI is InChI=1S/C27H33BrClN3O3/c1-35-19-25(33)30-24(21-3-2-4-23(29)17-21)9-13-31-14-10-27(11-15-31)12-16-32(26(27)34)18-20-5-7-22(28)8-6-20/h2-8,17,24H,9-16,18-19H2,1H3,(H,30,33). The normalized spacial score (nSPS) is 18.7. The molecule has 2 aliphatic rings. The summed E-state index contributed by atoms with van der Waals surface area (Å²) in [4.78, 5) is 30.0. The molecule has 2 amide bonds. The van der Waals surface area contributed by atoms with E-state index in [4.69, 9.17) is 16.3 Å². The van der Waals surface area contributed by atoms with Gasteiger partial charge in [-0.3, -0.25) is 9.59 Å². The lowest BCUT2D eigenvalue weighted by atomic mass is 9.77. The van der Waals surface area contributed by atoms with Gasteiger partial charge in [0.15, 0.2) is 0 Å². The van der Waals surface area contributed by atoms with Crippen molar-refractivity contribution in [3.05, 3.63) is 69.2 Å². The number of hydrogen-bond donors (Lipinski definition) is 1. The maximum Gasteiger partial charge on any atom is 0.246 e. The molecule has 0 radical (unpaired) electrons. The molecular weight excluding hydrogens is 530 g/mol. The van der Waals surface area contributed by atoms with Crippen LogP contribution < -0.4 is 5.32 Å². The highest BCUT2D eigenvalue weighted by molar-refractivity contribution is 9.10. The topological polar surface area (TPSA) is 61.9 Å². The van der Waals surface area contributed by atoms with E-state index in [1.165, 1.54) is 12.7 Å². The van der Waals surface area contributed by atoms with Crippen molar-refractivity contribution in [1.29, 1.82) is 0 Å². The van der Waals surface area contributed by atoms with E-state index < -0.39 is 0 Å². The second-order valence-electron chi connectivity index (χ2n) is 9.62. The molecule has 0 bridgehead atoms. The smallest absolute Gasteiger partial charge is 0.246 e. The number of carbonyl (C=O) groups is 2. The molecule has 2 fully saturated rings. The predicted octanol–water partition coefficient (Wildman–Crippen LogP) is 4.81. The van der Waals surface area contributed by atoms with E-state index in [9.17, 15) is 9.59 Å². The fourth-order valence-electron chi connectivity index (χ4n) is 5.25. The van der Waals surface area contributed by atoms with Crippen LogP contribution in [0.3, 0.4) is 0 Å². The van der Waals surface area contributed by atoms with Gasteiger partial charge in [-0.1, -0.05) is 51.8 Å². The quantitative estimate of drug-likeness (QED) is 0.477. The average molecular weight is 563 g/mol. The maximum absolute atomic E-state index is 13.4. The van der Waals surface area contributed by atoms with Gasteiger partial charge in [0.25, 0.3) is 0 Å². The van der Waals surface area contributed by atoms with E-state index in [1.54, 1.807) is 0 Å². The molecular formula is C27H33BrClN3O3. The van der Waals surface area contributed by atoms with E-state index >= 15 is 0 Å². The lowest BCUT2D eigenvalue weighted by molar-refractivity contribution is -0.139. The van der Waals surface area contributed by atoms with Crippen LogP contribution in [0.5, 0.6) is 0 Å². The molecule has 35 heavy (non-hydrogen) atoms. The molecule has 2 heterocycles. The summed E-state index contributed by atoms with van der Waals surface area (Å²) in [6.45, 7) is 4.18. The highest BCUT2D eigenvalue weighted by Gasteiger charge is 2.47. The van der Waals surface area contributed by atoms with E-state index in [-0.39, 0.29) is 24.0 Å². The molecule has 0 saturated carbocycles.